The van der Waals surface area contributed by atoms with Crippen molar-refractivity contribution in [2.75, 3.05) is 0 Å². The molecule has 2 N–H and O–H groups in total. The molecule has 0 aliphatic carbocycles. The van der Waals surface area contributed by atoms with E-state index in [0.29, 0.717) is 12.2 Å². The first-order valence-electron chi connectivity index (χ1n) is 12.6. The van der Waals surface area contributed by atoms with Gasteiger partial charge in [0.1, 0.15) is 18.2 Å². The number of Topliss-reactive ketones (excluding diaryl/α,β-unsaturated/α-hetero) is 1. The molecule has 1 aromatic heterocycles. The second-order valence-corrected chi connectivity index (χ2v) is 11.2. The maximum atomic E-state index is 13.2. The molecule has 0 aromatic carbocycles. The second kappa shape index (κ2) is 10.5. The maximum Gasteiger partial charge on any atom is 0.309 e. The van der Waals surface area contributed by atoms with E-state index in [9.17, 15) is 19.8 Å². The van der Waals surface area contributed by atoms with Gasteiger partial charge in [0, 0.05) is 19.4 Å². The lowest BCUT2D eigenvalue weighted by atomic mass is 9.73. The SMILES string of the molecule is C/C(=C\c1ncnn1C)[C@@H]1C[C@@H]2O[C@]2(C)CCC[C@H](C)[C@H](O)[C@@H](C)C(=O)C(C)(C)[C@@H](O)CC(=O)O1. The molecule has 9 nitrogen and oxygen atoms in total. The van der Waals surface area contributed by atoms with Crippen molar-refractivity contribution in [1.82, 2.24) is 14.8 Å². The van der Waals surface area contributed by atoms with Crippen LogP contribution in [0, 0.1) is 17.3 Å². The minimum Gasteiger partial charge on any atom is -0.458 e. The van der Waals surface area contributed by atoms with Crippen molar-refractivity contribution >= 4 is 17.8 Å². The van der Waals surface area contributed by atoms with Crippen molar-refractivity contribution in [3.05, 3.63) is 17.7 Å². The number of aryl methyl sites for hydroxylation is 1. The first-order valence-corrected chi connectivity index (χ1v) is 12.6. The van der Waals surface area contributed by atoms with Crippen LogP contribution in [0.3, 0.4) is 0 Å². The second-order valence-electron chi connectivity index (χ2n) is 11.2. The van der Waals surface area contributed by atoms with E-state index >= 15 is 0 Å². The molecule has 9 heteroatoms. The normalized spacial score (nSPS) is 37.5. The number of cyclic esters (lactones) is 1. The molecule has 0 spiro atoms. The molecule has 2 aliphatic heterocycles. The molecule has 0 unspecified atom stereocenters. The van der Waals surface area contributed by atoms with Crippen molar-refractivity contribution in [2.24, 2.45) is 24.3 Å². The van der Waals surface area contributed by atoms with E-state index in [-0.39, 0.29) is 29.8 Å². The molecule has 196 valence electrons. The number of nitrogens with zero attached hydrogens (tertiary/aromatic N) is 3. The number of epoxide rings is 1. The number of rotatable bonds is 2. The molecule has 35 heavy (non-hydrogen) atoms. The van der Waals surface area contributed by atoms with Crippen LogP contribution >= 0.6 is 0 Å². The third kappa shape index (κ3) is 6.19. The van der Waals surface area contributed by atoms with Crippen molar-refractivity contribution in [3.63, 3.8) is 0 Å². The van der Waals surface area contributed by atoms with Crippen LogP contribution in [0.25, 0.3) is 6.08 Å². The monoisotopic (exact) mass is 491 g/mol. The van der Waals surface area contributed by atoms with Gasteiger partial charge in [-0.05, 0) is 44.3 Å². The Labute approximate surface area is 207 Å². The minimum atomic E-state index is -1.24. The van der Waals surface area contributed by atoms with Crippen LogP contribution in [0.2, 0.25) is 0 Å². The number of carbonyl (C=O) groups is 2. The molecule has 2 fully saturated rings. The summed E-state index contributed by atoms with van der Waals surface area (Å²) < 4.78 is 13.5. The summed E-state index contributed by atoms with van der Waals surface area (Å²) in [5, 5.41) is 25.8. The van der Waals surface area contributed by atoms with Gasteiger partial charge in [0.25, 0.3) is 0 Å². The Bertz CT molecular complexity index is 957. The number of aliphatic hydroxyl groups is 2. The highest BCUT2D eigenvalue weighted by Gasteiger charge is 2.53. The van der Waals surface area contributed by atoms with Crippen LogP contribution in [-0.4, -0.2) is 66.7 Å². The summed E-state index contributed by atoms with van der Waals surface area (Å²) in [6, 6.07) is 0. The Morgan fingerprint density at radius 1 is 1.23 bits per heavy atom. The number of aromatic nitrogens is 3. The van der Waals surface area contributed by atoms with E-state index in [4.69, 9.17) is 9.47 Å². The van der Waals surface area contributed by atoms with E-state index in [1.54, 1.807) is 32.5 Å². The molecule has 3 rings (SSSR count). The fourth-order valence-electron chi connectivity index (χ4n) is 5.03. The molecule has 0 saturated carbocycles. The number of carbonyl (C=O) groups excluding carboxylic acids is 2. The first kappa shape index (κ1) is 27.5. The van der Waals surface area contributed by atoms with Gasteiger partial charge in [0.15, 0.2) is 5.82 Å². The maximum absolute atomic E-state index is 13.2. The quantitative estimate of drug-likeness (QED) is 0.478. The summed E-state index contributed by atoms with van der Waals surface area (Å²) in [4.78, 5) is 30.4. The molecule has 0 amide bonds. The van der Waals surface area contributed by atoms with E-state index < -0.39 is 35.6 Å². The molecule has 3 heterocycles. The van der Waals surface area contributed by atoms with Gasteiger partial charge in [0.2, 0.25) is 0 Å². The van der Waals surface area contributed by atoms with Crippen molar-refractivity contribution in [2.45, 2.75) is 104 Å². The Hall–Kier alpha value is -2.10. The van der Waals surface area contributed by atoms with Gasteiger partial charge in [-0.3, -0.25) is 9.59 Å². The van der Waals surface area contributed by atoms with Gasteiger partial charge in [-0.2, -0.15) is 5.10 Å². The summed E-state index contributed by atoms with van der Waals surface area (Å²) in [7, 11) is 1.78. The Morgan fingerprint density at radius 3 is 2.54 bits per heavy atom. The lowest BCUT2D eigenvalue weighted by Gasteiger charge is -2.34. The lowest BCUT2D eigenvalue weighted by Crippen LogP contribution is -2.45. The average molecular weight is 492 g/mol. The summed E-state index contributed by atoms with van der Waals surface area (Å²) in [5.74, 6) is -0.964. The predicted molar refractivity (Wildman–Crippen MR) is 130 cm³/mol. The smallest absolute Gasteiger partial charge is 0.309 e. The summed E-state index contributed by atoms with van der Waals surface area (Å²) in [6.07, 6.45) is 3.16. The van der Waals surface area contributed by atoms with E-state index in [2.05, 4.69) is 17.0 Å². The van der Waals surface area contributed by atoms with E-state index in [1.165, 1.54) is 6.33 Å². The van der Waals surface area contributed by atoms with Gasteiger partial charge in [0.05, 0.1) is 35.7 Å². The number of ketones is 1. The zero-order chi connectivity index (χ0) is 26.1. The summed E-state index contributed by atoms with van der Waals surface area (Å²) >= 11 is 0. The topological polar surface area (TPSA) is 127 Å². The zero-order valence-electron chi connectivity index (χ0n) is 22.0. The molecular weight excluding hydrogens is 450 g/mol. The average Bonchev–Trinajstić information content (AvgIpc) is 3.24. The van der Waals surface area contributed by atoms with Gasteiger partial charge < -0.3 is 19.7 Å². The molecule has 2 saturated heterocycles. The van der Waals surface area contributed by atoms with Crippen LogP contribution in [0.15, 0.2) is 11.9 Å². The van der Waals surface area contributed by atoms with Gasteiger partial charge in [-0.25, -0.2) is 9.67 Å². The Balaban J connectivity index is 1.86. The molecule has 0 bridgehead atoms. The molecule has 7 atom stereocenters. The van der Waals surface area contributed by atoms with Gasteiger partial charge in [-0.15, -0.1) is 0 Å². The Morgan fingerprint density at radius 2 is 1.91 bits per heavy atom. The van der Waals surface area contributed by atoms with E-state index in [1.807, 2.05) is 19.9 Å². The highest BCUT2D eigenvalue weighted by molar-refractivity contribution is 5.88. The van der Waals surface area contributed by atoms with E-state index in [0.717, 1.165) is 24.8 Å². The number of hydrogen-bond donors (Lipinski definition) is 2. The molecule has 1 aromatic rings. The predicted octanol–water partition coefficient (Wildman–Crippen LogP) is 2.84. The van der Waals surface area contributed by atoms with Gasteiger partial charge in [-0.1, -0.05) is 34.1 Å². The zero-order valence-corrected chi connectivity index (χ0v) is 22.0. The van der Waals surface area contributed by atoms with Crippen molar-refractivity contribution in [3.8, 4) is 0 Å². The lowest BCUT2D eigenvalue weighted by molar-refractivity contribution is -0.154. The first-order chi connectivity index (χ1) is 16.3. The molecular formula is C26H41N3O6. The summed E-state index contributed by atoms with van der Waals surface area (Å²) in [5.41, 5.74) is -0.739. The van der Waals surface area contributed by atoms with Crippen LogP contribution in [0.1, 0.15) is 79.5 Å². The van der Waals surface area contributed by atoms with Crippen LogP contribution in [0.4, 0.5) is 0 Å². The fourth-order valence-corrected chi connectivity index (χ4v) is 5.03. The third-order valence-corrected chi connectivity index (χ3v) is 8.02. The van der Waals surface area contributed by atoms with Gasteiger partial charge >= 0.3 is 5.97 Å². The molecule has 2 aliphatic rings. The van der Waals surface area contributed by atoms with Crippen molar-refractivity contribution in [1.29, 1.82) is 0 Å². The minimum absolute atomic E-state index is 0.0712. The van der Waals surface area contributed by atoms with Crippen LogP contribution < -0.4 is 0 Å². The standard InChI is InChI=1S/C26H41N3O6/c1-15-9-8-10-26(6)20(35-26)12-18(16(2)11-21-27-14-28-29(21)7)34-22(31)13-19(30)25(4,5)24(33)17(3)23(15)32/h11,14-15,17-20,23,30,32H,8-10,12-13H2,1-7H3/b16-11+/t15-,17+,18-,19-,20-,23-,26+/m0/s1. The largest absolute Gasteiger partial charge is 0.458 e. The summed E-state index contributed by atoms with van der Waals surface area (Å²) in [6.45, 7) is 10.8. The number of hydrogen-bond acceptors (Lipinski definition) is 8. The van der Waals surface area contributed by atoms with Crippen LogP contribution in [-0.2, 0) is 26.1 Å². The molecule has 0 radical (unpaired) electrons. The Kier molecular flexibility index (Phi) is 8.23. The number of ether oxygens (including phenoxy) is 2. The highest BCUT2D eigenvalue weighted by atomic mass is 16.6. The van der Waals surface area contributed by atoms with Crippen molar-refractivity contribution < 1.29 is 29.3 Å². The third-order valence-electron chi connectivity index (χ3n) is 8.02. The number of esters is 1. The fraction of sp³-hybridized carbons (Fsp3) is 0.769. The number of fused-ring (bicyclic) bond motifs is 1. The number of aliphatic hydroxyl groups excluding tert-OH is 2. The van der Waals surface area contributed by atoms with Crippen LogP contribution in [0.5, 0.6) is 0 Å². The highest BCUT2D eigenvalue weighted by Crippen LogP contribution is 2.45.